The summed E-state index contributed by atoms with van der Waals surface area (Å²) < 4.78 is 10.6. The Labute approximate surface area is 120 Å². The Morgan fingerprint density at radius 2 is 1.85 bits per heavy atom. The summed E-state index contributed by atoms with van der Waals surface area (Å²) in [5.41, 5.74) is 1.04. The van der Waals surface area contributed by atoms with E-state index in [9.17, 15) is 4.79 Å². The highest BCUT2D eigenvalue weighted by Crippen LogP contribution is 2.11. The zero-order valence-corrected chi connectivity index (χ0v) is 12.3. The Balaban J connectivity index is 2.16. The third-order valence-corrected chi connectivity index (χ3v) is 2.64. The lowest BCUT2D eigenvalue weighted by molar-refractivity contribution is 0.145. The first-order valence-electron chi connectivity index (χ1n) is 7.07. The van der Waals surface area contributed by atoms with E-state index in [4.69, 9.17) is 9.47 Å². The molecule has 0 aliphatic heterocycles. The molecule has 0 heterocycles. The van der Waals surface area contributed by atoms with Crippen LogP contribution in [0.3, 0.4) is 0 Å². The largest absolute Gasteiger partial charge is 0.494 e. The SMILES string of the molecule is CCOCCCNC(=O)NCc1ccc(OCC)cc1. The van der Waals surface area contributed by atoms with Gasteiger partial charge in [-0.25, -0.2) is 4.79 Å². The van der Waals surface area contributed by atoms with Crippen molar-refractivity contribution in [1.29, 1.82) is 0 Å². The van der Waals surface area contributed by atoms with Crippen molar-refractivity contribution in [3.8, 4) is 5.75 Å². The molecule has 2 N–H and O–H groups in total. The Kier molecular flexibility index (Phi) is 8.22. The van der Waals surface area contributed by atoms with Crippen LogP contribution in [0, 0.1) is 0 Å². The summed E-state index contributed by atoms with van der Waals surface area (Å²) in [5.74, 6) is 0.844. The van der Waals surface area contributed by atoms with E-state index in [1.54, 1.807) is 0 Å². The van der Waals surface area contributed by atoms with Crippen LogP contribution < -0.4 is 15.4 Å². The van der Waals surface area contributed by atoms with Gasteiger partial charge in [0.1, 0.15) is 5.75 Å². The number of ether oxygens (including phenoxy) is 2. The second kappa shape index (κ2) is 10.1. The third-order valence-electron chi connectivity index (χ3n) is 2.64. The van der Waals surface area contributed by atoms with E-state index in [0.29, 0.717) is 32.9 Å². The summed E-state index contributed by atoms with van der Waals surface area (Å²) in [5, 5.41) is 5.60. The van der Waals surface area contributed by atoms with Gasteiger partial charge in [-0.3, -0.25) is 0 Å². The van der Waals surface area contributed by atoms with Crippen molar-refractivity contribution >= 4 is 6.03 Å². The fourth-order valence-corrected chi connectivity index (χ4v) is 1.64. The molecule has 0 fully saturated rings. The number of nitrogens with one attached hydrogen (secondary N) is 2. The van der Waals surface area contributed by atoms with Gasteiger partial charge in [-0.15, -0.1) is 0 Å². The van der Waals surface area contributed by atoms with Crippen molar-refractivity contribution in [3.05, 3.63) is 29.8 Å². The number of carbonyl (C=O) groups excluding carboxylic acids is 1. The zero-order chi connectivity index (χ0) is 14.6. The second-order valence-electron chi connectivity index (χ2n) is 4.24. The van der Waals surface area contributed by atoms with Crippen LogP contribution in [-0.2, 0) is 11.3 Å². The highest BCUT2D eigenvalue weighted by molar-refractivity contribution is 5.73. The smallest absolute Gasteiger partial charge is 0.315 e. The minimum atomic E-state index is -0.157. The van der Waals surface area contributed by atoms with Gasteiger partial charge < -0.3 is 20.1 Å². The van der Waals surface area contributed by atoms with E-state index in [-0.39, 0.29) is 6.03 Å². The van der Waals surface area contributed by atoms with E-state index in [1.165, 1.54) is 0 Å². The van der Waals surface area contributed by atoms with Crippen LogP contribution in [0.4, 0.5) is 4.79 Å². The molecule has 0 unspecified atom stereocenters. The average Bonchev–Trinajstić information content (AvgIpc) is 2.47. The number of hydrogen-bond acceptors (Lipinski definition) is 3. The summed E-state index contributed by atoms with van der Waals surface area (Å²) in [6.07, 6.45) is 0.824. The summed E-state index contributed by atoms with van der Waals surface area (Å²) in [4.78, 5) is 11.5. The van der Waals surface area contributed by atoms with Gasteiger partial charge in [0.05, 0.1) is 6.61 Å². The Morgan fingerprint density at radius 1 is 1.10 bits per heavy atom. The Morgan fingerprint density at radius 3 is 2.50 bits per heavy atom. The van der Waals surface area contributed by atoms with Crippen molar-refractivity contribution in [2.75, 3.05) is 26.4 Å². The topological polar surface area (TPSA) is 59.6 Å². The molecule has 0 saturated heterocycles. The van der Waals surface area contributed by atoms with Crippen LogP contribution in [0.25, 0.3) is 0 Å². The molecule has 2 amide bonds. The van der Waals surface area contributed by atoms with E-state index in [2.05, 4.69) is 10.6 Å². The molecule has 1 aromatic rings. The quantitative estimate of drug-likeness (QED) is 0.682. The van der Waals surface area contributed by atoms with E-state index >= 15 is 0 Å². The first-order valence-corrected chi connectivity index (χ1v) is 7.07. The maximum Gasteiger partial charge on any atom is 0.315 e. The number of amides is 2. The molecule has 0 spiro atoms. The molecule has 1 rings (SSSR count). The fourth-order valence-electron chi connectivity index (χ4n) is 1.64. The van der Waals surface area contributed by atoms with E-state index in [1.807, 2.05) is 38.1 Å². The molecule has 0 aromatic heterocycles. The van der Waals surface area contributed by atoms with Gasteiger partial charge in [0.15, 0.2) is 0 Å². The number of urea groups is 1. The van der Waals surface area contributed by atoms with Crippen molar-refractivity contribution in [2.24, 2.45) is 0 Å². The maximum absolute atomic E-state index is 11.5. The van der Waals surface area contributed by atoms with E-state index in [0.717, 1.165) is 17.7 Å². The highest BCUT2D eigenvalue weighted by Gasteiger charge is 2.00. The normalized spacial score (nSPS) is 10.1. The molecule has 0 aliphatic carbocycles. The van der Waals surface area contributed by atoms with Crippen LogP contribution in [-0.4, -0.2) is 32.4 Å². The lowest BCUT2D eigenvalue weighted by Crippen LogP contribution is -2.35. The predicted octanol–water partition coefficient (Wildman–Crippen LogP) is 2.31. The van der Waals surface area contributed by atoms with Gasteiger partial charge in [-0.1, -0.05) is 12.1 Å². The standard InChI is InChI=1S/C15H24N2O3/c1-3-19-11-5-10-16-15(18)17-12-13-6-8-14(9-7-13)20-4-2/h6-9H,3-5,10-12H2,1-2H3,(H2,16,17,18). The Bertz CT molecular complexity index is 379. The van der Waals surface area contributed by atoms with Gasteiger partial charge >= 0.3 is 6.03 Å². The first-order chi connectivity index (χ1) is 9.76. The average molecular weight is 280 g/mol. The van der Waals surface area contributed by atoms with Crippen molar-refractivity contribution in [2.45, 2.75) is 26.8 Å². The predicted molar refractivity (Wildman–Crippen MR) is 79.0 cm³/mol. The van der Waals surface area contributed by atoms with E-state index < -0.39 is 0 Å². The molecule has 20 heavy (non-hydrogen) atoms. The molecule has 0 radical (unpaired) electrons. The summed E-state index contributed by atoms with van der Waals surface area (Å²) >= 11 is 0. The lowest BCUT2D eigenvalue weighted by atomic mass is 10.2. The maximum atomic E-state index is 11.5. The molecule has 0 aliphatic rings. The molecule has 5 nitrogen and oxygen atoms in total. The number of hydrogen-bond donors (Lipinski definition) is 2. The van der Waals surface area contributed by atoms with Crippen LogP contribution in [0.15, 0.2) is 24.3 Å². The highest BCUT2D eigenvalue weighted by atomic mass is 16.5. The molecule has 0 bridgehead atoms. The van der Waals surface area contributed by atoms with Crippen molar-refractivity contribution in [1.82, 2.24) is 10.6 Å². The van der Waals surface area contributed by atoms with Gasteiger partial charge in [0.25, 0.3) is 0 Å². The second-order valence-corrected chi connectivity index (χ2v) is 4.24. The number of rotatable bonds is 9. The summed E-state index contributed by atoms with van der Waals surface area (Å²) in [6, 6.07) is 7.54. The van der Waals surface area contributed by atoms with Gasteiger partial charge in [-0.2, -0.15) is 0 Å². The summed E-state index contributed by atoms with van der Waals surface area (Å²) in [6.45, 7) is 7.07. The number of carbonyl (C=O) groups is 1. The molecule has 0 saturated carbocycles. The monoisotopic (exact) mass is 280 g/mol. The molecular weight excluding hydrogens is 256 g/mol. The minimum Gasteiger partial charge on any atom is -0.494 e. The molecular formula is C15H24N2O3. The van der Waals surface area contributed by atoms with Gasteiger partial charge in [-0.05, 0) is 38.0 Å². The van der Waals surface area contributed by atoms with Crippen LogP contribution in [0.5, 0.6) is 5.75 Å². The first kappa shape index (κ1) is 16.3. The van der Waals surface area contributed by atoms with Crippen molar-refractivity contribution < 1.29 is 14.3 Å². The molecule has 112 valence electrons. The minimum absolute atomic E-state index is 0.157. The third kappa shape index (κ3) is 6.99. The zero-order valence-electron chi connectivity index (χ0n) is 12.3. The number of benzene rings is 1. The van der Waals surface area contributed by atoms with Crippen LogP contribution in [0.1, 0.15) is 25.8 Å². The van der Waals surface area contributed by atoms with Gasteiger partial charge in [0, 0.05) is 26.3 Å². The Hall–Kier alpha value is -1.75. The van der Waals surface area contributed by atoms with Crippen LogP contribution >= 0.6 is 0 Å². The summed E-state index contributed by atoms with van der Waals surface area (Å²) in [7, 11) is 0. The van der Waals surface area contributed by atoms with Crippen molar-refractivity contribution in [3.63, 3.8) is 0 Å². The van der Waals surface area contributed by atoms with Crippen LogP contribution in [0.2, 0.25) is 0 Å². The molecule has 0 atom stereocenters. The lowest BCUT2D eigenvalue weighted by Gasteiger charge is -2.08. The molecule has 1 aromatic carbocycles. The van der Waals surface area contributed by atoms with Gasteiger partial charge in [0.2, 0.25) is 0 Å². The fraction of sp³-hybridized carbons (Fsp3) is 0.533. The molecule has 5 heteroatoms.